The molecule has 0 aliphatic heterocycles. The van der Waals surface area contributed by atoms with Gasteiger partial charge in [-0.15, -0.1) is 0 Å². The summed E-state index contributed by atoms with van der Waals surface area (Å²) in [5.74, 6) is -0.552. The number of hydrogen-bond acceptors (Lipinski definition) is 4. The number of carbonyl (C=O) groups excluding carboxylic acids is 2. The van der Waals surface area contributed by atoms with E-state index in [4.69, 9.17) is 9.47 Å². The highest BCUT2D eigenvalue weighted by Gasteiger charge is 2.13. The van der Waals surface area contributed by atoms with E-state index in [9.17, 15) is 14.0 Å². The second kappa shape index (κ2) is 9.56. The van der Waals surface area contributed by atoms with Gasteiger partial charge in [0.2, 0.25) is 0 Å². The summed E-state index contributed by atoms with van der Waals surface area (Å²) in [6, 6.07) is 13.5. The van der Waals surface area contributed by atoms with E-state index in [0.29, 0.717) is 11.3 Å². The van der Waals surface area contributed by atoms with Crippen LogP contribution in [0.25, 0.3) is 0 Å². The zero-order valence-electron chi connectivity index (χ0n) is 14.9. The van der Waals surface area contributed by atoms with E-state index in [1.807, 2.05) is 31.2 Å². The maximum atomic E-state index is 13.1. The van der Waals surface area contributed by atoms with E-state index in [2.05, 4.69) is 0 Å². The predicted octanol–water partition coefficient (Wildman–Crippen LogP) is 3.10. The molecule has 0 spiro atoms. The second-order valence-electron chi connectivity index (χ2n) is 5.95. The summed E-state index contributed by atoms with van der Waals surface area (Å²) in [5.41, 5.74) is 1.79. The summed E-state index contributed by atoms with van der Waals surface area (Å²) >= 11 is 0. The van der Waals surface area contributed by atoms with Gasteiger partial charge < -0.3 is 14.4 Å². The molecule has 0 N–H and O–H groups in total. The van der Waals surface area contributed by atoms with Crippen LogP contribution >= 0.6 is 0 Å². The average molecular weight is 359 g/mol. The molecule has 6 heteroatoms. The van der Waals surface area contributed by atoms with Gasteiger partial charge in [0.15, 0.2) is 6.61 Å². The third-order valence-corrected chi connectivity index (χ3v) is 3.69. The number of carbonyl (C=O) groups is 2. The number of rotatable bonds is 8. The highest BCUT2D eigenvalue weighted by atomic mass is 19.1. The molecule has 0 saturated carbocycles. The monoisotopic (exact) mass is 359 g/mol. The van der Waals surface area contributed by atoms with Gasteiger partial charge in [-0.2, -0.15) is 0 Å². The Hall–Kier alpha value is -2.89. The van der Waals surface area contributed by atoms with Crippen LogP contribution in [0.1, 0.15) is 17.5 Å². The maximum Gasteiger partial charge on any atom is 0.309 e. The van der Waals surface area contributed by atoms with Gasteiger partial charge in [0.05, 0.1) is 13.0 Å². The zero-order valence-corrected chi connectivity index (χ0v) is 14.9. The molecule has 0 aromatic heterocycles. The van der Waals surface area contributed by atoms with Gasteiger partial charge in [0, 0.05) is 13.6 Å². The lowest BCUT2D eigenvalue weighted by Gasteiger charge is -2.17. The van der Waals surface area contributed by atoms with E-state index < -0.39 is 5.97 Å². The molecular weight excluding hydrogens is 337 g/mol. The topological polar surface area (TPSA) is 55.8 Å². The first-order valence-electron chi connectivity index (χ1n) is 8.27. The molecule has 2 aromatic carbocycles. The lowest BCUT2D eigenvalue weighted by Crippen LogP contribution is -2.31. The molecule has 0 aliphatic carbocycles. The first-order valence-corrected chi connectivity index (χ1v) is 8.27. The predicted molar refractivity (Wildman–Crippen MR) is 95.1 cm³/mol. The summed E-state index contributed by atoms with van der Waals surface area (Å²) in [6.45, 7) is 2.04. The van der Waals surface area contributed by atoms with Gasteiger partial charge in [0.25, 0.3) is 5.91 Å². The van der Waals surface area contributed by atoms with Crippen LogP contribution in [-0.4, -0.2) is 37.0 Å². The molecule has 0 heterocycles. The van der Waals surface area contributed by atoms with Crippen molar-refractivity contribution in [3.8, 4) is 5.75 Å². The number of likely N-dealkylation sites (N-methyl/N-ethyl adjacent to an activating group) is 1. The van der Waals surface area contributed by atoms with E-state index >= 15 is 0 Å². The molecule has 5 nitrogen and oxygen atoms in total. The van der Waals surface area contributed by atoms with Crippen LogP contribution in [-0.2, 0) is 20.9 Å². The highest BCUT2D eigenvalue weighted by Crippen LogP contribution is 2.11. The number of halogens is 1. The fourth-order valence-corrected chi connectivity index (χ4v) is 2.21. The smallest absolute Gasteiger partial charge is 0.309 e. The lowest BCUT2D eigenvalue weighted by atomic mass is 10.2. The molecule has 26 heavy (non-hydrogen) atoms. The van der Waals surface area contributed by atoms with Crippen molar-refractivity contribution < 1.29 is 23.5 Å². The molecular formula is C20H22FNO4. The van der Waals surface area contributed by atoms with Gasteiger partial charge in [0.1, 0.15) is 11.6 Å². The van der Waals surface area contributed by atoms with Crippen LogP contribution in [0.3, 0.4) is 0 Å². The maximum absolute atomic E-state index is 13.1. The third kappa shape index (κ3) is 6.55. The van der Waals surface area contributed by atoms with Crippen LogP contribution in [0, 0.1) is 12.7 Å². The molecule has 0 unspecified atom stereocenters. The summed E-state index contributed by atoms with van der Waals surface area (Å²) in [4.78, 5) is 25.1. The Morgan fingerprint density at radius 3 is 2.54 bits per heavy atom. The number of benzene rings is 2. The van der Waals surface area contributed by atoms with Crippen LogP contribution in [0.15, 0.2) is 48.5 Å². The van der Waals surface area contributed by atoms with Crippen LogP contribution in [0.4, 0.5) is 4.39 Å². The van der Waals surface area contributed by atoms with Crippen molar-refractivity contribution in [1.29, 1.82) is 0 Å². The van der Waals surface area contributed by atoms with E-state index in [-0.39, 0.29) is 37.9 Å². The number of aryl methyl sites for hydroxylation is 1. The summed E-state index contributed by atoms with van der Waals surface area (Å²) < 4.78 is 23.6. The van der Waals surface area contributed by atoms with E-state index in [1.165, 1.54) is 17.0 Å². The van der Waals surface area contributed by atoms with Gasteiger partial charge in [-0.3, -0.25) is 9.59 Å². The Morgan fingerprint density at radius 1 is 1.12 bits per heavy atom. The first-order chi connectivity index (χ1) is 12.4. The van der Waals surface area contributed by atoms with Gasteiger partial charge in [-0.1, -0.05) is 29.8 Å². The molecule has 0 saturated heterocycles. The van der Waals surface area contributed by atoms with Crippen molar-refractivity contribution in [2.24, 2.45) is 0 Å². The summed E-state index contributed by atoms with van der Waals surface area (Å²) in [5, 5.41) is 0. The fraction of sp³-hybridized carbons (Fsp3) is 0.300. The molecule has 2 aromatic rings. The number of amides is 1. The molecule has 0 aliphatic rings. The minimum absolute atomic E-state index is 0.0504. The average Bonchev–Trinajstić information content (AvgIpc) is 2.61. The molecule has 1 amide bonds. The number of hydrogen-bond donors (Lipinski definition) is 0. The largest absolute Gasteiger partial charge is 0.493 e. The Kier molecular flexibility index (Phi) is 7.14. The summed E-state index contributed by atoms with van der Waals surface area (Å²) in [6.07, 6.45) is 0.0504. The van der Waals surface area contributed by atoms with E-state index in [1.54, 1.807) is 19.2 Å². The SMILES string of the molecule is Cc1ccc(OCCC(=O)OCC(=O)N(C)Cc2cccc(F)c2)cc1. The third-order valence-electron chi connectivity index (χ3n) is 3.69. The fourth-order valence-electron chi connectivity index (χ4n) is 2.21. The Balaban J connectivity index is 1.67. The van der Waals surface area contributed by atoms with Crippen LogP contribution < -0.4 is 4.74 Å². The number of esters is 1. The van der Waals surface area contributed by atoms with Crippen molar-refractivity contribution in [3.63, 3.8) is 0 Å². The van der Waals surface area contributed by atoms with Gasteiger partial charge in [-0.05, 0) is 36.8 Å². The molecule has 138 valence electrons. The Bertz CT molecular complexity index is 746. The van der Waals surface area contributed by atoms with Crippen LogP contribution in [0.2, 0.25) is 0 Å². The van der Waals surface area contributed by atoms with E-state index in [0.717, 1.165) is 5.56 Å². The van der Waals surface area contributed by atoms with Crippen molar-refractivity contribution in [2.45, 2.75) is 19.9 Å². The minimum Gasteiger partial charge on any atom is -0.493 e. The van der Waals surface area contributed by atoms with Crippen molar-refractivity contribution in [1.82, 2.24) is 4.90 Å². The van der Waals surface area contributed by atoms with Gasteiger partial charge >= 0.3 is 5.97 Å². The lowest BCUT2D eigenvalue weighted by molar-refractivity contribution is -0.152. The quantitative estimate of drug-likeness (QED) is 0.680. The van der Waals surface area contributed by atoms with Crippen molar-refractivity contribution in [2.75, 3.05) is 20.3 Å². The van der Waals surface area contributed by atoms with Crippen molar-refractivity contribution in [3.05, 3.63) is 65.5 Å². The first kappa shape index (κ1) is 19.4. The minimum atomic E-state index is -0.510. The molecule has 0 radical (unpaired) electrons. The normalized spacial score (nSPS) is 10.3. The highest BCUT2D eigenvalue weighted by molar-refractivity contribution is 5.80. The summed E-state index contributed by atoms with van der Waals surface area (Å²) in [7, 11) is 1.57. The van der Waals surface area contributed by atoms with Crippen LogP contribution in [0.5, 0.6) is 5.75 Å². The Morgan fingerprint density at radius 2 is 1.85 bits per heavy atom. The molecule has 0 bridgehead atoms. The number of nitrogens with zero attached hydrogens (tertiary/aromatic N) is 1. The van der Waals surface area contributed by atoms with Gasteiger partial charge in [-0.25, -0.2) is 4.39 Å². The van der Waals surface area contributed by atoms with Crippen molar-refractivity contribution >= 4 is 11.9 Å². The second-order valence-corrected chi connectivity index (χ2v) is 5.95. The molecule has 2 rings (SSSR count). The number of ether oxygens (including phenoxy) is 2. The Labute approximate surface area is 152 Å². The zero-order chi connectivity index (χ0) is 18.9. The molecule has 0 fully saturated rings. The molecule has 0 atom stereocenters. The standard InChI is InChI=1S/C20H22FNO4/c1-15-6-8-18(9-7-15)25-11-10-20(24)26-14-19(23)22(2)13-16-4-3-5-17(21)12-16/h3-9,12H,10-11,13-14H2,1-2H3.